The van der Waals surface area contributed by atoms with E-state index >= 15 is 0 Å². The van der Waals surface area contributed by atoms with Gasteiger partial charge in [-0.05, 0) is 38.3 Å². The molecular formula is C17H27NO. The van der Waals surface area contributed by atoms with E-state index in [0.717, 1.165) is 18.7 Å². The van der Waals surface area contributed by atoms with Crippen molar-refractivity contribution in [1.82, 2.24) is 5.32 Å². The van der Waals surface area contributed by atoms with Gasteiger partial charge in [-0.3, -0.25) is 0 Å². The van der Waals surface area contributed by atoms with E-state index < -0.39 is 0 Å². The average Bonchev–Trinajstić information content (AvgIpc) is 2.25. The average molecular weight is 261 g/mol. The molecule has 19 heavy (non-hydrogen) atoms. The molecule has 1 aromatic carbocycles. The highest BCUT2D eigenvalue weighted by atomic mass is 16.5. The van der Waals surface area contributed by atoms with Crippen LogP contribution in [0, 0.1) is 5.41 Å². The Morgan fingerprint density at radius 1 is 1.26 bits per heavy atom. The fourth-order valence-corrected chi connectivity index (χ4v) is 2.61. The zero-order valence-corrected chi connectivity index (χ0v) is 12.9. The van der Waals surface area contributed by atoms with Crippen molar-refractivity contribution in [2.24, 2.45) is 5.41 Å². The lowest BCUT2D eigenvalue weighted by molar-refractivity contribution is 0.0656. The van der Waals surface area contributed by atoms with Crippen molar-refractivity contribution < 1.29 is 4.74 Å². The van der Waals surface area contributed by atoms with Crippen molar-refractivity contribution in [3.05, 3.63) is 29.8 Å². The Bertz CT molecular complexity index is 431. The minimum Gasteiger partial charge on any atom is -0.487 e. The van der Waals surface area contributed by atoms with Crippen LogP contribution in [0.5, 0.6) is 5.75 Å². The van der Waals surface area contributed by atoms with E-state index in [0.29, 0.717) is 11.5 Å². The Morgan fingerprint density at radius 2 is 1.95 bits per heavy atom. The number of fused-ring (bicyclic) bond motifs is 1. The van der Waals surface area contributed by atoms with Crippen LogP contribution < -0.4 is 10.1 Å². The predicted octanol–water partition coefficient (Wildman–Crippen LogP) is 4.31. The van der Waals surface area contributed by atoms with Crippen LogP contribution in [0.2, 0.25) is 0 Å². The maximum atomic E-state index is 6.06. The minimum atomic E-state index is -0.0895. The first-order chi connectivity index (χ1) is 8.77. The molecule has 0 saturated heterocycles. The van der Waals surface area contributed by atoms with E-state index in [1.165, 1.54) is 12.0 Å². The molecule has 0 aromatic heterocycles. The Kier molecular flexibility index (Phi) is 3.91. The van der Waals surface area contributed by atoms with Gasteiger partial charge in [-0.1, -0.05) is 39.0 Å². The monoisotopic (exact) mass is 261 g/mol. The minimum absolute atomic E-state index is 0.0895. The van der Waals surface area contributed by atoms with Crippen molar-refractivity contribution in [3.8, 4) is 5.75 Å². The lowest BCUT2D eigenvalue weighted by atomic mass is 9.88. The smallest absolute Gasteiger partial charge is 0.124 e. The molecule has 1 heterocycles. The summed E-state index contributed by atoms with van der Waals surface area (Å²) in [7, 11) is 0. The largest absolute Gasteiger partial charge is 0.487 e. The van der Waals surface area contributed by atoms with Crippen molar-refractivity contribution in [2.75, 3.05) is 6.54 Å². The molecular weight excluding hydrogens is 234 g/mol. The van der Waals surface area contributed by atoms with Gasteiger partial charge in [0.05, 0.1) is 0 Å². The van der Waals surface area contributed by atoms with Crippen molar-refractivity contribution in [3.63, 3.8) is 0 Å². The summed E-state index contributed by atoms with van der Waals surface area (Å²) < 4.78 is 6.06. The van der Waals surface area contributed by atoms with Gasteiger partial charge < -0.3 is 10.1 Å². The third kappa shape index (κ3) is 3.97. The summed E-state index contributed by atoms with van der Waals surface area (Å²) in [5.74, 6) is 1.03. The third-order valence-electron chi connectivity index (χ3n) is 3.64. The molecule has 1 N–H and O–H groups in total. The second-order valence-corrected chi connectivity index (χ2v) is 7.42. The number of hydrogen-bond donors (Lipinski definition) is 1. The van der Waals surface area contributed by atoms with Crippen LogP contribution in [0.25, 0.3) is 0 Å². The Labute approximate surface area is 117 Å². The number of benzene rings is 1. The molecule has 2 rings (SSSR count). The van der Waals surface area contributed by atoms with Gasteiger partial charge in [0.2, 0.25) is 0 Å². The first-order valence-electron chi connectivity index (χ1n) is 7.28. The quantitative estimate of drug-likeness (QED) is 0.875. The number of rotatable bonds is 3. The maximum absolute atomic E-state index is 6.06. The number of ether oxygens (including phenoxy) is 1. The van der Waals surface area contributed by atoms with E-state index in [-0.39, 0.29) is 5.60 Å². The molecule has 0 spiro atoms. The van der Waals surface area contributed by atoms with Crippen molar-refractivity contribution in [2.45, 2.75) is 59.1 Å². The zero-order chi connectivity index (χ0) is 14.1. The molecule has 1 aliphatic rings. The highest BCUT2D eigenvalue weighted by Gasteiger charge is 2.33. The molecule has 1 atom stereocenters. The van der Waals surface area contributed by atoms with Crippen LogP contribution in [0.3, 0.4) is 0 Å². The summed E-state index contributed by atoms with van der Waals surface area (Å²) in [5.41, 5.74) is 1.59. The fourth-order valence-electron chi connectivity index (χ4n) is 2.61. The van der Waals surface area contributed by atoms with Gasteiger partial charge >= 0.3 is 0 Å². The molecule has 0 radical (unpaired) electrons. The van der Waals surface area contributed by atoms with Crippen LogP contribution in [-0.4, -0.2) is 12.1 Å². The van der Waals surface area contributed by atoms with Gasteiger partial charge in [-0.25, -0.2) is 0 Å². The molecule has 1 aliphatic heterocycles. The maximum Gasteiger partial charge on any atom is 0.124 e. The lowest BCUT2D eigenvalue weighted by Gasteiger charge is -2.38. The standard InChI is InChI=1S/C17H27NO/c1-16(2,3)10-11-18-14-12-17(4,5)19-15-9-7-6-8-13(14)15/h6-9,14,18H,10-12H2,1-5H3. The van der Waals surface area contributed by atoms with E-state index in [9.17, 15) is 0 Å². The summed E-state index contributed by atoms with van der Waals surface area (Å²) in [6.07, 6.45) is 2.21. The molecule has 106 valence electrons. The van der Waals surface area contributed by atoms with Crippen LogP contribution >= 0.6 is 0 Å². The molecule has 1 aromatic rings. The van der Waals surface area contributed by atoms with Gasteiger partial charge in [-0.2, -0.15) is 0 Å². The van der Waals surface area contributed by atoms with Crippen LogP contribution in [0.4, 0.5) is 0 Å². The van der Waals surface area contributed by atoms with Gasteiger partial charge in [0.25, 0.3) is 0 Å². The molecule has 1 unspecified atom stereocenters. The van der Waals surface area contributed by atoms with E-state index in [1.807, 2.05) is 6.07 Å². The lowest BCUT2D eigenvalue weighted by Crippen LogP contribution is -2.40. The first-order valence-corrected chi connectivity index (χ1v) is 7.28. The number of para-hydroxylation sites is 1. The molecule has 2 heteroatoms. The second-order valence-electron chi connectivity index (χ2n) is 7.42. The Morgan fingerprint density at radius 3 is 2.63 bits per heavy atom. The number of nitrogens with one attached hydrogen (secondary N) is 1. The van der Waals surface area contributed by atoms with Crippen LogP contribution in [0.15, 0.2) is 24.3 Å². The van der Waals surface area contributed by atoms with E-state index in [2.05, 4.69) is 58.1 Å². The first kappa shape index (κ1) is 14.4. The normalized spacial score (nSPS) is 21.6. The highest BCUT2D eigenvalue weighted by Crippen LogP contribution is 2.39. The summed E-state index contributed by atoms with van der Waals surface area (Å²) in [4.78, 5) is 0. The molecule has 0 aliphatic carbocycles. The van der Waals surface area contributed by atoms with E-state index in [4.69, 9.17) is 4.74 Å². The third-order valence-corrected chi connectivity index (χ3v) is 3.64. The summed E-state index contributed by atoms with van der Waals surface area (Å²) >= 11 is 0. The van der Waals surface area contributed by atoms with Crippen LogP contribution in [-0.2, 0) is 0 Å². The molecule has 2 nitrogen and oxygen atoms in total. The molecule has 0 fully saturated rings. The number of hydrogen-bond acceptors (Lipinski definition) is 2. The molecule has 0 saturated carbocycles. The Hall–Kier alpha value is -1.02. The van der Waals surface area contributed by atoms with Gasteiger partial charge in [0, 0.05) is 18.0 Å². The summed E-state index contributed by atoms with van der Waals surface area (Å²) in [5, 5.41) is 3.71. The topological polar surface area (TPSA) is 21.3 Å². The summed E-state index contributed by atoms with van der Waals surface area (Å²) in [6.45, 7) is 12.3. The predicted molar refractivity (Wildman–Crippen MR) is 80.6 cm³/mol. The SMILES string of the molecule is CC(C)(C)CCNC1CC(C)(C)Oc2ccccc21. The van der Waals surface area contributed by atoms with Crippen LogP contribution in [0.1, 0.15) is 59.1 Å². The highest BCUT2D eigenvalue weighted by molar-refractivity contribution is 5.38. The van der Waals surface area contributed by atoms with Gasteiger partial charge in [0.1, 0.15) is 11.4 Å². The van der Waals surface area contributed by atoms with Crippen molar-refractivity contribution >= 4 is 0 Å². The van der Waals surface area contributed by atoms with Crippen molar-refractivity contribution in [1.29, 1.82) is 0 Å². The van der Waals surface area contributed by atoms with Gasteiger partial charge in [0.15, 0.2) is 0 Å². The fraction of sp³-hybridized carbons (Fsp3) is 0.647. The summed E-state index contributed by atoms with van der Waals surface area (Å²) in [6, 6.07) is 8.81. The molecule has 0 bridgehead atoms. The second kappa shape index (κ2) is 5.16. The molecule has 0 amide bonds. The van der Waals surface area contributed by atoms with E-state index in [1.54, 1.807) is 0 Å². The Balaban J connectivity index is 2.08. The zero-order valence-electron chi connectivity index (χ0n) is 12.9. The van der Waals surface area contributed by atoms with Gasteiger partial charge in [-0.15, -0.1) is 0 Å².